The van der Waals surface area contributed by atoms with Crippen molar-refractivity contribution in [1.29, 1.82) is 0 Å². The first-order chi connectivity index (χ1) is 11.0. The van der Waals surface area contributed by atoms with Crippen LogP contribution >= 0.6 is 12.4 Å². The Morgan fingerprint density at radius 2 is 1.71 bits per heavy atom. The number of halogens is 1. The van der Waals surface area contributed by atoms with E-state index in [0.717, 1.165) is 38.5 Å². The number of amides is 1. The van der Waals surface area contributed by atoms with Crippen molar-refractivity contribution >= 4 is 28.2 Å². The fourth-order valence-corrected chi connectivity index (χ4v) is 5.16. The van der Waals surface area contributed by atoms with Crippen LogP contribution in [0.5, 0.6) is 0 Å². The van der Waals surface area contributed by atoms with Crippen LogP contribution in [0.2, 0.25) is 0 Å². The van der Waals surface area contributed by atoms with Gasteiger partial charge in [0.05, 0.1) is 10.1 Å². The standard InChI is InChI=1S/C17H24N2O3S.ClH/c18-11-16(12-5-6-12)19-17(20)13-7-9-15(10-8-13)23(21,22)14-3-1-2-4-14;/h7-10,12,14,16H,1-6,11,18H2,(H,19,20);1H. The quantitative estimate of drug-likeness (QED) is 0.801. The molecule has 0 spiro atoms. The molecule has 2 saturated carbocycles. The van der Waals surface area contributed by atoms with Crippen LogP contribution in [-0.4, -0.2) is 32.2 Å². The molecular formula is C17H25ClN2O3S. The first-order valence-electron chi connectivity index (χ1n) is 8.37. The van der Waals surface area contributed by atoms with Crippen molar-refractivity contribution in [3.63, 3.8) is 0 Å². The second-order valence-electron chi connectivity index (χ2n) is 6.63. The highest BCUT2D eigenvalue weighted by molar-refractivity contribution is 7.92. The summed E-state index contributed by atoms with van der Waals surface area (Å²) >= 11 is 0. The number of sulfone groups is 1. The zero-order valence-corrected chi connectivity index (χ0v) is 15.2. The Hall–Kier alpha value is -1.11. The summed E-state index contributed by atoms with van der Waals surface area (Å²) in [7, 11) is -3.26. The van der Waals surface area contributed by atoms with Gasteiger partial charge < -0.3 is 11.1 Å². The van der Waals surface area contributed by atoms with E-state index in [1.165, 1.54) is 0 Å². The summed E-state index contributed by atoms with van der Waals surface area (Å²) in [4.78, 5) is 12.6. The second-order valence-corrected chi connectivity index (χ2v) is 8.86. The topological polar surface area (TPSA) is 89.3 Å². The van der Waals surface area contributed by atoms with Crippen LogP contribution in [-0.2, 0) is 9.84 Å². The number of benzene rings is 1. The van der Waals surface area contributed by atoms with E-state index in [2.05, 4.69) is 5.32 Å². The van der Waals surface area contributed by atoms with Gasteiger partial charge in [0.1, 0.15) is 0 Å². The SMILES string of the molecule is Cl.NCC(NC(=O)c1ccc(S(=O)(=O)C2CCCC2)cc1)C1CC1. The molecule has 0 bridgehead atoms. The molecule has 7 heteroatoms. The fraction of sp³-hybridized carbons (Fsp3) is 0.588. The van der Waals surface area contributed by atoms with Crippen molar-refractivity contribution in [3.05, 3.63) is 29.8 Å². The van der Waals surface area contributed by atoms with Gasteiger partial charge in [-0.1, -0.05) is 12.8 Å². The van der Waals surface area contributed by atoms with Crippen LogP contribution in [0, 0.1) is 5.92 Å². The van der Waals surface area contributed by atoms with E-state index < -0.39 is 9.84 Å². The van der Waals surface area contributed by atoms with Crippen molar-refractivity contribution in [3.8, 4) is 0 Å². The molecule has 0 aliphatic heterocycles. The van der Waals surface area contributed by atoms with Gasteiger partial charge in [-0.15, -0.1) is 12.4 Å². The maximum absolute atomic E-state index is 12.5. The third kappa shape index (κ3) is 4.10. The lowest BCUT2D eigenvalue weighted by molar-refractivity contribution is 0.0933. The smallest absolute Gasteiger partial charge is 0.251 e. The molecule has 2 fully saturated rings. The molecule has 0 saturated heterocycles. The number of carbonyl (C=O) groups excluding carboxylic acids is 1. The third-order valence-corrected chi connectivity index (χ3v) is 7.23. The number of nitrogens with one attached hydrogen (secondary N) is 1. The van der Waals surface area contributed by atoms with Gasteiger partial charge in [0.25, 0.3) is 5.91 Å². The summed E-state index contributed by atoms with van der Waals surface area (Å²) in [5.41, 5.74) is 6.18. The maximum atomic E-state index is 12.5. The minimum absolute atomic E-state index is 0. The summed E-state index contributed by atoms with van der Waals surface area (Å²) in [5, 5.41) is 2.68. The molecule has 3 rings (SSSR count). The van der Waals surface area contributed by atoms with Crippen molar-refractivity contribution in [2.45, 2.75) is 54.7 Å². The van der Waals surface area contributed by atoms with Crippen LogP contribution < -0.4 is 11.1 Å². The van der Waals surface area contributed by atoms with Gasteiger partial charge in [-0.05, 0) is 55.9 Å². The molecule has 1 aromatic rings. The predicted molar refractivity (Wildman–Crippen MR) is 96.2 cm³/mol. The molecule has 1 unspecified atom stereocenters. The van der Waals surface area contributed by atoms with Gasteiger partial charge >= 0.3 is 0 Å². The summed E-state index contributed by atoms with van der Waals surface area (Å²) in [5.74, 6) is 0.308. The molecule has 2 aliphatic rings. The highest BCUT2D eigenvalue weighted by Gasteiger charge is 2.32. The van der Waals surface area contributed by atoms with Crippen LogP contribution in [0.15, 0.2) is 29.2 Å². The van der Waals surface area contributed by atoms with Gasteiger partial charge in [-0.2, -0.15) is 0 Å². The molecule has 134 valence electrons. The molecule has 0 aromatic heterocycles. The van der Waals surface area contributed by atoms with Gasteiger partial charge in [0.2, 0.25) is 0 Å². The van der Waals surface area contributed by atoms with E-state index in [0.29, 0.717) is 22.9 Å². The summed E-state index contributed by atoms with van der Waals surface area (Å²) in [6.07, 6.45) is 5.66. The van der Waals surface area contributed by atoms with E-state index in [-0.39, 0.29) is 29.6 Å². The van der Waals surface area contributed by atoms with Crippen molar-refractivity contribution in [2.24, 2.45) is 11.7 Å². The van der Waals surface area contributed by atoms with Crippen molar-refractivity contribution in [1.82, 2.24) is 5.32 Å². The molecule has 1 aromatic carbocycles. The Morgan fingerprint density at radius 3 is 2.21 bits per heavy atom. The molecule has 24 heavy (non-hydrogen) atoms. The largest absolute Gasteiger partial charge is 0.348 e. The van der Waals surface area contributed by atoms with Crippen LogP contribution in [0.3, 0.4) is 0 Å². The average molecular weight is 373 g/mol. The molecule has 2 aliphatic carbocycles. The lowest BCUT2D eigenvalue weighted by atomic mass is 10.1. The highest BCUT2D eigenvalue weighted by Crippen LogP contribution is 2.32. The van der Waals surface area contributed by atoms with E-state index in [4.69, 9.17) is 5.73 Å². The average Bonchev–Trinajstić information content (AvgIpc) is 3.24. The fourth-order valence-electron chi connectivity index (χ4n) is 3.31. The van der Waals surface area contributed by atoms with Gasteiger partial charge in [-0.25, -0.2) is 8.42 Å². The summed E-state index contributed by atoms with van der Waals surface area (Å²) in [6.45, 7) is 0.435. The summed E-state index contributed by atoms with van der Waals surface area (Å²) < 4.78 is 25.0. The molecule has 1 amide bonds. The van der Waals surface area contributed by atoms with E-state index in [1.807, 2.05) is 0 Å². The summed E-state index contributed by atoms with van der Waals surface area (Å²) in [6, 6.07) is 6.31. The van der Waals surface area contributed by atoms with Crippen molar-refractivity contribution in [2.75, 3.05) is 6.54 Å². The van der Waals surface area contributed by atoms with Crippen LogP contribution in [0.25, 0.3) is 0 Å². The normalized spacial score (nSPS) is 19.5. The Labute approximate surface area is 149 Å². The first-order valence-corrected chi connectivity index (χ1v) is 9.92. The zero-order chi connectivity index (χ0) is 16.4. The van der Waals surface area contributed by atoms with Gasteiger partial charge in [0, 0.05) is 18.2 Å². The van der Waals surface area contributed by atoms with Crippen molar-refractivity contribution < 1.29 is 13.2 Å². The number of hydrogen-bond acceptors (Lipinski definition) is 4. The number of hydrogen-bond donors (Lipinski definition) is 2. The maximum Gasteiger partial charge on any atom is 0.251 e. The molecule has 5 nitrogen and oxygen atoms in total. The van der Waals surface area contributed by atoms with E-state index >= 15 is 0 Å². The number of nitrogens with two attached hydrogens (primary N) is 1. The molecule has 0 radical (unpaired) electrons. The van der Waals surface area contributed by atoms with E-state index in [9.17, 15) is 13.2 Å². The zero-order valence-electron chi connectivity index (χ0n) is 13.6. The Balaban J connectivity index is 0.00000208. The lowest BCUT2D eigenvalue weighted by Crippen LogP contribution is -2.41. The number of carbonyl (C=O) groups is 1. The van der Waals surface area contributed by atoms with Crippen LogP contribution in [0.1, 0.15) is 48.9 Å². The minimum atomic E-state index is -3.26. The third-order valence-electron chi connectivity index (χ3n) is 4.95. The van der Waals surface area contributed by atoms with Crippen LogP contribution in [0.4, 0.5) is 0 Å². The Kier molecular flexibility index (Phi) is 6.28. The Morgan fingerprint density at radius 1 is 1.12 bits per heavy atom. The first kappa shape index (κ1) is 19.2. The minimum Gasteiger partial charge on any atom is -0.348 e. The number of rotatable bonds is 6. The molecular weight excluding hydrogens is 348 g/mol. The highest BCUT2D eigenvalue weighted by atomic mass is 35.5. The second kappa shape index (κ2) is 7.85. The monoisotopic (exact) mass is 372 g/mol. The molecule has 3 N–H and O–H groups in total. The Bertz CT molecular complexity index is 666. The van der Waals surface area contributed by atoms with Gasteiger partial charge in [0.15, 0.2) is 9.84 Å². The lowest BCUT2D eigenvalue weighted by Gasteiger charge is -2.16. The predicted octanol–water partition coefficient (Wildman–Crippen LogP) is 2.29. The van der Waals surface area contributed by atoms with E-state index in [1.54, 1.807) is 24.3 Å². The van der Waals surface area contributed by atoms with Gasteiger partial charge in [-0.3, -0.25) is 4.79 Å². The molecule has 0 heterocycles. The molecule has 1 atom stereocenters.